The van der Waals surface area contributed by atoms with E-state index >= 15 is 0 Å². The molecule has 0 saturated heterocycles. The van der Waals surface area contributed by atoms with Gasteiger partial charge in [0.1, 0.15) is 5.82 Å². The molecule has 0 aliphatic rings. The van der Waals surface area contributed by atoms with Gasteiger partial charge < -0.3 is 20.6 Å². The van der Waals surface area contributed by atoms with E-state index in [1.165, 1.54) is 18.2 Å². The summed E-state index contributed by atoms with van der Waals surface area (Å²) in [6.45, 7) is -1.89. The lowest BCUT2D eigenvalue weighted by atomic mass is 10.0. The Balaban J connectivity index is 2.55. The van der Waals surface area contributed by atoms with Crippen molar-refractivity contribution in [3.05, 3.63) is 30.1 Å². The molecule has 0 aliphatic carbocycles. The Hall–Kier alpha value is -1.54. The van der Waals surface area contributed by atoms with E-state index in [4.69, 9.17) is 15.3 Å². The summed E-state index contributed by atoms with van der Waals surface area (Å²) in [6.07, 6.45) is 0. The first-order valence-electron chi connectivity index (χ1n) is 5.69. The number of carbonyl (C=O) groups is 1. The van der Waals surface area contributed by atoms with Gasteiger partial charge >= 0.3 is 0 Å². The van der Waals surface area contributed by atoms with Crippen molar-refractivity contribution < 1.29 is 24.5 Å². The number of benzene rings is 1. The summed E-state index contributed by atoms with van der Waals surface area (Å²) in [5.41, 5.74) is -1.30. The monoisotopic (exact) mass is 272 g/mol. The second-order valence-corrected chi connectivity index (χ2v) is 4.14. The van der Waals surface area contributed by atoms with Gasteiger partial charge in [-0.15, -0.1) is 0 Å². The number of hydrogen-bond donors (Lipinski definition) is 5. The molecule has 0 saturated carbocycles. The smallest absolute Gasteiger partial charge is 0.238 e. The number of halogens is 1. The summed E-state index contributed by atoms with van der Waals surface area (Å²) in [7, 11) is 0. The van der Waals surface area contributed by atoms with Crippen molar-refractivity contribution in [1.82, 2.24) is 5.32 Å². The first kappa shape index (κ1) is 15.5. The maximum absolute atomic E-state index is 13.3. The molecule has 0 bridgehead atoms. The summed E-state index contributed by atoms with van der Waals surface area (Å²) in [5, 5.41) is 32.0. The maximum atomic E-state index is 13.3. The van der Waals surface area contributed by atoms with Crippen molar-refractivity contribution in [2.45, 2.75) is 5.54 Å². The van der Waals surface area contributed by atoms with Gasteiger partial charge in [-0.3, -0.25) is 10.1 Å². The van der Waals surface area contributed by atoms with Crippen molar-refractivity contribution in [2.24, 2.45) is 0 Å². The molecule has 6 nitrogen and oxygen atoms in total. The average molecular weight is 272 g/mol. The van der Waals surface area contributed by atoms with E-state index in [9.17, 15) is 9.18 Å². The number of carbonyl (C=O) groups excluding carboxylic acids is 1. The van der Waals surface area contributed by atoms with E-state index in [1.807, 2.05) is 0 Å². The fraction of sp³-hybridized carbons (Fsp3) is 0.417. The van der Waals surface area contributed by atoms with Crippen LogP contribution in [0.1, 0.15) is 0 Å². The van der Waals surface area contributed by atoms with Crippen LogP contribution in [-0.2, 0) is 4.79 Å². The first-order chi connectivity index (χ1) is 9.06. The number of hydrogen-bond acceptors (Lipinski definition) is 5. The zero-order chi connectivity index (χ0) is 14.3. The summed E-state index contributed by atoms with van der Waals surface area (Å²) < 4.78 is 13.3. The van der Waals surface area contributed by atoms with E-state index in [0.717, 1.165) is 0 Å². The van der Waals surface area contributed by atoms with Crippen molar-refractivity contribution in [3.8, 4) is 0 Å². The number of para-hydroxylation sites is 1. The van der Waals surface area contributed by atoms with Crippen LogP contribution >= 0.6 is 0 Å². The molecule has 0 fully saturated rings. The van der Waals surface area contributed by atoms with Gasteiger partial charge in [-0.2, -0.15) is 0 Å². The summed E-state index contributed by atoms with van der Waals surface area (Å²) in [4.78, 5) is 11.6. The van der Waals surface area contributed by atoms with Gasteiger partial charge in [0.15, 0.2) is 0 Å². The summed E-state index contributed by atoms with van der Waals surface area (Å²) in [5.74, 6) is -1.11. The number of aliphatic hydroxyl groups excluding tert-OH is 3. The molecular weight excluding hydrogens is 255 g/mol. The van der Waals surface area contributed by atoms with Crippen LogP contribution < -0.4 is 10.6 Å². The zero-order valence-electron chi connectivity index (χ0n) is 10.3. The third-order valence-electron chi connectivity index (χ3n) is 2.68. The fourth-order valence-corrected chi connectivity index (χ4v) is 1.34. The summed E-state index contributed by atoms with van der Waals surface area (Å²) >= 11 is 0. The molecule has 1 aromatic rings. The number of aliphatic hydroxyl groups is 3. The minimum atomic E-state index is -1.34. The Morgan fingerprint density at radius 1 is 1.16 bits per heavy atom. The van der Waals surface area contributed by atoms with Crippen molar-refractivity contribution in [2.75, 3.05) is 31.7 Å². The van der Waals surface area contributed by atoms with Crippen LogP contribution in [0.15, 0.2) is 24.3 Å². The van der Waals surface area contributed by atoms with Gasteiger partial charge in [0.25, 0.3) is 0 Å². The van der Waals surface area contributed by atoms with Crippen LogP contribution in [0.5, 0.6) is 0 Å². The molecule has 106 valence electrons. The van der Waals surface area contributed by atoms with Crippen LogP contribution in [0.2, 0.25) is 0 Å². The predicted molar refractivity (Wildman–Crippen MR) is 67.0 cm³/mol. The van der Waals surface area contributed by atoms with Gasteiger partial charge in [-0.05, 0) is 12.1 Å². The third-order valence-corrected chi connectivity index (χ3v) is 2.68. The van der Waals surface area contributed by atoms with Crippen LogP contribution in [0.4, 0.5) is 10.1 Å². The fourth-order valence-electron chi connectivity index (χ4n) is 1.34. The molecule has 0 atom stereocenters. The lowest BCUT2D eigenvalue weighted by Crippen LogP contribution is -2.56. The minimum Gasteiger partial charge on any atom is -0.394 e. The summed E-state index contributed by atoms with van der Waals surface area (Å²) in [6, 6.07) is 5.69. The second kappa shape index (κ2) is 7.15. The Labute approximate surface area is 109 Å². The highest BCUT2D eigenvalue weighted by Crippen LogP contribution is 2.12. The van der Waals surface area contributed by atoms with Crippen LogP contribution in [0.25, 0.3) is 0 Å². The van der Waals surface area contributed by atoms with E-state index in [1.54, 1.807) is 6.07 Å². The Kier molecular flexibility index (Phi) is 5.84. The lowest BCUT2D eigenvalue weighted by Gasteiger charge is -2.28. The molecule has 1 rings (SSSR count). The normalized spacial score (nSPS) is 11.4. The highest BCUT2D eigenvalue weighted by molar-refractivity contribution is 5.92. The molecule has 0 aromatic heterocycles. The quantitative estimate of drug-likeness (QED) is 0.441. The standard InChI is InChI=1S/C12H17FN2O4/c13-9-3-1-2-4-10(9)15-11(19)5-14-12(6-16,7-17)8-18/h1-4,14,16-18H,5-8H2,(H,15,19). The molecule has 0 spiro atoms. The van der Waals surface area contributed by atoms with E-state index in [0.29, 0.717) is 0 Å². The molecule has 5 N–H and O–H groups in total. The van der Waals surface area contributed by atoms with Gasteiger partial charge in [-0.25, -0.2) is 4.39 Å². The number of nitrogens with one attached hydrogen (secondary N) is 2. The molecule has 1 amide bonds. The molecule has 0 heterocycles. The Morgan fingerprint density at radius 2 is 1.74 bits per heavy atom. The SMILES string of the molecule is O=C(CNC(CO)(CO)CO)Nc1ccccc1F. The largest absolute Gasteiger partial charge is 0.394 e. The van der Waals surface area contributed by atoms with Crippen molar-refractivity contribution in [1.29, 1.82) is 0 Å². The Morgan fingerprint density at radius 3 is 2.26 bits per heavy atom. The third kappa shape index (κ3) is 4.25. The van der Waals surface area contributed by atoms with Crippen LogP contribution in [-0.4, -0.2) is 53.1 Å². The topological polar surface area (TPSA) is 102 Å². The minimum absolute atomic E-state index is 0.0388. The second-order valence-electron chi connectivity index (χ2n) is 4.14. The van der Waals surface area contributed by atoms with Crippen LogP contribution in [0.3, 0.4) is 0 Å². The Bertz CT molecular complexity index is 416. The number of anilines is 1. The molecular formula is C12H17FN2O4. The lowest BCUT2D eigenvalue weighted by molar-refractivity contribution is -0.116. The maximum Gasteiger partial charge on any atom is 0.238 e. The molecule has 0 aliphatic heterocycles. The highest BCUT2D eigenvalue weighted by Gasteiger charge is 2.28. The van der Waals surface area contributed by atoms with E-state index in [-0.39, 0.29) is 12.2 Å². The molecule has 0 radical (unpaired) electrons. The number of rotatable bonds is 7. The molecule has 0 unspecified atom stereocenters. The van der Waals surface area contributed by atoms with Crippen LogP contribution in [0, 0.1) is 5.82 Å². The molecule has 7 heteroatoms. The zero-order valence-corrected chi connectivity index (χ0v) is 10.3. The van der Waals surface area contributed by atoms with Crippen molar-refractivity contribution in [3.63, 3.8) is 0 Å². The van der Waals surface area contributed by atoms with Gasteiger partial charge in [0.05, 0.1) is 37.6 Å². The van der Waals surface area contributed by atoms with Gasteiger partial charge in [0, 0.05) is 0 Å². The molecule has 19 heavy (non-hydrogen) atoms. The predicted octanol–water partition coefficient (Wildman–Crippen LogP) is -0.930. The van der Waals surface area contributed by atoms with E-state index in [2.05, 4.69) is 10.6 Å². The van der Waals surface area contributed by atoms with Crippen molar-refractivity contribution >= 4 is 11.6 Å². The van der Waals surface area contributed by atoms with E-state index < -0.39 is 37.1 Å². The molecule has 1 aromatic carbocycles. The average Bonchev–Trinajstić information content (AvgIpc) is 2.44. The van der Waals surface area contributed by atoms with Gasteiger partial charge in [0.2, 0.25) is 5.91 Å². The highest BCUT2D eigenvalue weighted by atomic mass is 19.1. The van der Waals surface area contributed by atoms with Gasteiger partial charge in [-0.1, -0.05) is 12.1 Å². The number of amides is 1. The first-order valence-corrected chi connectivity index (χ1v) is 5.69.